The van der Waals surface area contributed by atoms with Gasteiger partial charge in [-0.25, -0.2) is 4.79 Å². The zero-order valence-electron chi connectivity index (χ0n) is 11.9. The lowest BCUT2D eigenvalue weighted by molar-refractivity contribution is 0.0686. The van der Waals surface area contributed by atoms with E-state index in [0.717, 1.165) is 16.6 Å². The minimum atomic E-state index is -1.01. The first-order chi connectivity index (χ1) is 10.5. The Labute approximate surface area is 132 Å². The third-order valence-corrected chi connectivity index (χ3v) is 4.09. The van der Waals surface area contributed by atoms with E-state index < -0.39 is 5.97 Å². The van der Waals surface area contributed by atoms with Gasteiger partial charge in [0.05, 0.1) is 0 Å². The van der Waals surface area contributed by atoms with Crippen molar-refractivity contribution in [3.05, 3.63) is 64.3 Å². The van der Waals surface area contributed by atoms with Crippen LogP contribution >= 0.6 is 11.6 Å². The Balaban J connectivity index is 2.13. The number of aromatic hydroxyl groups is 1. The van der Waals surface area contributed by atoms with Crippen molar-refractivity contribution in [2.24, 2.45) is 0 Å². The Hall–Kier alpha value is -2.46. The Morgan fingerprint density at radius 2 is 1.95 bits per heavy atom. The predicted molar refractivity (Wildman–Crippen MR) is 85.9 cm³/mol. The molecule has 3 rings (SSSR count). The number of hydrogen-bond acceptors (Lipinski definition) is 2. The first-order valence-electron chi connectivity index (χ1n) is 6.76. The van der Waals surface area contributed by atoms with E-state index in [1.807, 2.05) is 25.1 Å². The molecule has 2 N–H and O–H groups in total. The van der Waals surface area contributed by atoms with Crippen LogP contribution in [0.5, 0.6) is 5.75 Å². The highest BCUT2D eigenvalue weighted by Gasteiger charge is 2.15. The largest absolute Gasteiger partial charge is 0.508 e. The standard InChI is InChI=1S/C17H14ClNO3/c1-10-2-3-11(6-14(10)18)9-19-15-5-4-13(20)7-12(15)8-16(19)17(21)22/h2-8,20H,9H2,1H3,(H,21,22). The van der Waals surface area contributed by atoms with E-state index in [2.05, 4.69) is 0 Å². The van der Waals surface area contributed by atoms with Crippen molar-refractivity contribution in [3.8, 4) is 5.75 Å². The molecule has 0 atom stereocenters. The van der Waals surface area contributed by atoms with Gasteiger partial charge < -0.3 is 14.8 Å². The molecule has 0 bridgehead atoms. The van der Waals surface area contributed by atoms with Gasteiger partial charge in [0.1, 0.15) is 11.4 Å². The number of carboxylic acid groups (broad SMARTS) is 1. The highest BCUT2D eigenvalue weighted by molar-refractivity contribution is 6.31. The van der Waals surface area contributed by atoms with E-state index in [0.29, 0.717) is 17.0 Å². The highest BCUT2D eigenvalue weighted by Crippen LogP contribution is 2.26. The van der Waals surface area contributed by atoms with Gasteiger partial charge in [-0.1, -0.05) is 23.7 Å². The van der Waals surface area contributed by atoms with Gasteiger partial charge in [-0.3, -0.25) is 0 Å². The summed E-state index contributed by atoms with van der Waals surface area (Å²) in [5.74, 6) is -0.895. The monoisotopic (exact) mass is 315 g/mol. The normalized spacial score (nSPS) is 11.0. The number of rotatable bonds is 3. The van der Waals surface area contributed by atoms with Crippen molar-refractivity contribution in [2.45, 2.75) is 13.5 Å². The average molecular weight is 316 g/mol. The summed E-state index contributed by atoms with van der Waals surface area (Å²) in [6.07, 6.45) is 0. The van der Waals surface area contributed by atoms with Crippen molar-refractivity contribution in [2.75, 3.05) is 0 Å². The third-order valence-electron chi connectivity index (χ3n) is 3.68. The summed E-state index contributed by atoms with van der Waals surface area (Å²) in [5.41, 5.74) is 2.83. The molecule has 0 unspecified atom stereocenters. The van der Waals surface area contributed by atoms with Gasteiger partial charge in [-0.2, -0.15) is 0 Å². The van der Waals surface area contributed by atoms with Gasteiger partial charge >= 0.3 is 5.97 Å². The number of halogens is 1. The lowest BCUT2D eigenvalue weighted by atomic mass is 10.1. The molecule has 5 heteroatoms. The topological polar surface area (TPSA) is 62.5 Å². The fourth-order valence-electron chi connectivity index (χ4n) is 2.52. The van der Waals surface area contributed by atoms with Crippen molar-refractivity contribution < 1.29 is 15.0 Å². The van der Waals surface area contributed by atoms with Crippen LogP contribution in [0.15, 0.2) is 42.5 Å². The van der Waals surface area contributed by atoms with E-state index in [-0.39, 0.29) is 11.4 Å². The number of benzene rings is 2. The quantitative estimate of drug-likeness (QED) is 0.766. The molecule has 0 aliphatic carbocycles. The fourth-order valence-corrected chi connectivity index (χ4v) is 2.73. The summed E-state index contributed by atoms with van der Waals surface area (Å²) < 4.78 is 1.71. The number of hydrogen-bond donors (Lipinski definition) is 2. The molecular weight excluding hydrogens is 302 g/mol. The van der Waals surface area contributed by atoms with Gasteiger partial charge in [-0.05, 0) is 48.4 Å². The van der Waals surface area contributed by atoms with E-state index in [9.17, 15) is 15.0 Å². The molecule has 3 aromatic rings. The zero-order valence-corrected chi connectivity index (χ0v) is 12.6. The molecule has 4 nitrogen and oxygen atoms in total. The van der Waals surface area contributed by atoms with Crippen LogP contribution < -0.4 is 0 Å². The van der Waals surface area contributed by atoms with Crippen LogP contribution in [-0.2, 0) is 6.54 Å². The van der Waals surface area contributed by atoms with E-state index in [4.69, 9.17) is 11.6 Å². The number of aromatic carboxylic acids is 1. The van der Waals surface area contributed by atoms with Crippen LogP contribution in [-0.4, -0.2) is 20.7 Å². The molecule has 0 radical (unpaired) electrons. The molecule has 0 saturated heterocycles. The van der Waals surface area contributed by atoms with Crippen LogP contribution in [0.1, 0.15) is 21.6 Å². The molecule has 22 heavy (non-hydrogen) atoms. The zero-order chi connectivity index (χ0) is 15.9. The number of fused-ring (bicyclic) bond motifs is 1. The van der Waals surface area contributed by atoms with Gasteiger partial charge in [0.2, 0.25) is 0 Å². The second-order valence-electron chi connectivity index (χ2n) is 5.25. The molecule has 1 aromatic heterocycles. The number of carboxylic acids is 1. The van der Waals surface area contributed by atoms with Crippen molar-refractivity contribution in [1.29, 1.82) is 0 Å². The van der Waals surface area contributed by atoms with Crippen molar-refractivity contribution >= 4 is 28.5 Å². The van der Waals surface area contributed by atoms with Crippen LogP contribution in [0, 0.1) is 6.92 Å². The second-order valence-corrected chi connectivity index (χ2v) is 5.65. The van der Waals surface area contributed by atoms with E-state index in [1.54, 1.807) is 28.8 Å². The lowest BCUT2D eigenvalue weighted by Gasteiger charge is -2.10. The highest BCUT2D eigenvalue weighted by atomic mass is 35.5. The molecule has 0 spiro atoms. The molecular formula is C17H14ClNO3. The Morgan fingerprint density at radius 1 is 1.18 bits per heavy atom. The maximum Gasteiger partial charge on any atom is 0.352 e. The number of aromatic nitrogens is 1. The molecule has 0 fully saturated rings. The molecule has 112 valence electrons. The number of carbonyl (C=O) groups is 1. The predicted octanol–water partition coefficient (Wildman–Crippen LogP) is 4.06. The smallest absolute Gasteiger partial charge is 0.352 e. The SMILES string of the molecule is Cc1ccc(Cn2c(C(=O)O)cc3cc(O)ccc32)cc1Cl. The molecule has 2 aromatic carbocycles. The molecule has 0 amide bonds. The lowest BCUT2D eigenvalue weighted by Crippen LogP contribution is -2.09. The summed E-state index contributed by atoms with van der Waals surface area (Å²) in [4.78, 5) is 11.5. The van der Waals surface area contributed by atoms with Gasteiger partial charge in [0, 0.05) is 22.5 Å². The molecule has 0 saturated carbocycles. The first-order valence-corrected chi connectivity index (χ1v) is 7.14. The Bertz CT molecular complexity index is 883. The second kappa shape index (κ2) is 5.39. The van der Waals surface area contributed by atoms with Crippen LogP contribution in [0.2, 0.25) is 5.02 Å². The summed E-state index contributed by atoms with van der Waals surface area (Å²) in [7, 11) is 0. The van der Waals surface area contributed by atoms with Crippen molar-refractivity contribution in [1.82, 2.24) is 4.57 Å². The summed E-state index contributed by atoms with van der Waals surface area (Å²) in [6.45, 7) is 2.32. The number of nitrogens with zero attached hydrogens (tertiary/aromatic N) is 1. The third kappa shape index (κ3) is 2.53. The first kappa shape index (κ1) is 14.5. The van der Waals surface area contributed by atoms with Crippen LogP contribution in [0.25, 0.3) is 10.9 Å². The molecule has 1 heterocycles. The number of aryl methyl sites for hydroxylation is 1. The minimum absolute atomic E-state index is 0.111. The molecule has 0 aliphatic heterocycles. The Kier molecular flexibility index (Phi) is 3.54. The minimum Gasteiger partial charge on any atom is -0.508 e. The van der Waals surface area contributed by atoms with Gasteiger partial charge in [0.15, 0.2) is 0 Å². The van der Waals surface area contributed by atoms with Gasteiger partial charge in [0.25, 0.3) is 0 Å². The fraction of sp³-hybridized carbons (Fsp3) is 0.118. The van der Waals surface area contributed by atoms with Gasteiger partial charge in [-0.15, -0.1) is 0 Å². The summed E-state index contributed by atoms with van der Waals surface area (Å²) >= 11 is 6.14. The molecule has 0 aliphatic rings. The maximum absolute atomic E-state index is 11.5. The van der Waals surface area contributed by atoms with Crippen LogP contribution in [0.4, 0.5) is 0 Å². The maximum atomic E-state index is 11.5. The van der Waals surface area contributed by atoms with Crippen LogP contribution in [0.3, 0.4) is 0 Å². The van der Waals surface area contributed by atoms with E-state index in [1.165, 1.54) is 0 Å². The van der Waals surface area contributed by atoms with E-state index >= 15 is 0 Å². The average Bonchev–Trinajstić information content (AvgIpc) is 2.81. The Morgan fingerprint density at radius 3 is 2.64 bits per heavy atom. The number of phenolic OH excluding ortho intramolecular Hbond substituents is 1. The van der Waals surface area contributed by atoms with Crippen molar-refractivity contribution in [3.63, 3.8) is 0 Å². The number of phenols is 1. The summed E-state index contributed by atoms with van der Waals surface area (Å²) in [6, 6.07) is 12.1. The summed E-state index contributed by atoms with van der Waals surface area (Å²) in [5, 5.41) is 20.3.